The van der Waals surface area contributed by atoms with Crippen molar-refractivity contribution in [2.24, 2.45) is 0 Å². The molecule has 1 unspecified atom stereocenters. The van der Waals surface area contributed by atoms with Crippen LogP contribution in [0.5, 0.6) is 0 Å². The minimum Gasteiger partial charge on any atom is -0.325 e. The van der Waals surface area contributed by atoms with Gasteiger partial charge in [0.1, 0.15) is 0 Å². The van der Waals surface area contributed by atoms with Crippen LogP contribution in [0.2, 0.25) is 0 Å². The Morgan fingerprint density at radius 3 is 2.41 bits per heavy atom. The Hall–Kier alpha value is -2.09. The van der Waals surface area contributed by atoms with Gasteiger partial charge in [-0.3, -0.25) is 4.79 Å². The number of carbonyl (C=O) groups is 1. The van der Waals surface area contributed by atoms with Crippen molar-refractivity contribution >= 4 is 11.6 Å². The lowest BCUT2D eigenvalue weighted by molar-refractivity contribution is -0.117. The molecule has 0 fully saturated rings. The predicted molar refractivity (Wildman–Crippen MR) is 68.9 cm³/mol. The number of carbonyl (C=O) groups excluding carboxylic acids is 1. The van der Waals surface area contributed by atoms with Gasteiger partial charge in [-0.15, -0.1) is 0 Å². The van der Waals surface area contributed by atoms with Crippen LogP contribution in [0.1, 0.15) is 18.4 Å². The summed E-state index contributed by atoms with van der Waals surface area (Å²) in [5.74, 6) is -0.0546. The van der Waals surface area contributed by atoms with Gasteiger partial charge in [-0.2, -0.15) is 0 Å². The molecule has 0 aromatic heterocycles. The van der Waals surface area contributed by atoms with E-state index in [-0.39, 0.29) is 11.8 Å². The van der Waals surface area contributed by atoms with Crippen molar-refractivity contribution in [1.82, 2.24) is 0 Å². The Labute approximate surface area is 100 Å². The van der Waals surface area contributed by atoms with E-state index in [1.807, 2.05) is 49.4 Å². The van der Waals surface area contributed by atoms with Gasteiger partial charge in [-0.05, 0) is 24.1 Å². The molecule has 1 amide bonds. The molecule has 1 heterocycles. The van der Waals surface area contributed by atoms with Crippen molar-refractivity contribution in [2.45, 2.75) is 12.8 Å². The van der Waals surface area contributed by atoms with E-state index in [2.05, 4.69) is 11.4 Å². The molecule has 0 bridgehead atoms. The van der Waals surface area contributed by atoms with E-state index < -0.39 is 0 Å². The van der Waals surface area contributed by atoms with Gasteiger partial charge in [0.15, 0.2) is 0 Å². The van der Waals surface area contributed by atoms with Gasteiger partial charge in [0.05, 0.1) is 5.92 Å². The Morgan fingerprint density at radius 2 is 1.59 bits per heavy atom. The summed E-state index contributed by atoms with van der Waals surface area (Å²) >= 11 is 0. The second kappa shape index (κ2) is 3.74. The molecule has 3 rings (SSSR count). The normalized spacial score (nSPS) is 17.7. The molecule has 2 aromatic carbocycles. The molecule has 1 atom stereocenters. The molecule has 0 saturated carbocycles. The number of para-hydroxylation sites is 1. The number of nitrogens with one attached hydrogen (secondary N) is 1. The quantitative estimate of drug-likeness (QED) is 0.728. The average molecular weight is 223 g/mol. The van der Waals surface area contributed by atoms with E-state index >= 15 is 0 Å². The Balaban J connectivity index is 2.33. The highest BCUT2D eigenvalue weighted by molar-refractivity contribution is 6.03. The first kappa shape index (κ1) is 10.1. The highest BCUT2D eigenvalue weighted by atomic mass is 16.1. The molecule has 1 aliphatic rings. The highest BCUT2D eigenvalue weighted by Crippen LogP contribution is 2.37. The lowest BCUT2D eigenvalue weighted by Crippen LogP contribution is -2.17. The zero-order valence-corrected chi connectivity index (χ0v) is 9.60. The van der Waals surface area contributed by atoms with Gasteiger partial charge in [0, 0.05) is 11.3 Å². The van der Waals surface area contributed by atoms with Crippen LogP contribution in [0.25, 0.3) is 11.1 Å². The Kier molecular flexibility index (Phi) is 2.22. The van der Waals surface area contributed by atoms with Gasteiger partial charge >= 0.3 is 0 Å². The lowest BCUT2D eigenvalue weighted by atomic mass is 9.92. The maximum atomic E-state index is 12.0. The second-order valence-electron chi connectivity index (χ2n) is 4.34. The molecule has 2 heteroatoms. The molecule has 84 valence electrons. The monoisotopic (exact) mass is 223 g/mol. The van der Waals surface area contributed by atoms with Crippen molar-refractivity contribution in [1.29, 1.82) is 0 Å². The molecule has 2 aromatic rings. The van der Waals surface area contributed by atoms with Crippen LogP contribution in [0, 0.1) is 0 Å². The minimum atomic E-state index is -0.112. The number of rotatable bonds is 0. The minimum absolute atomic E-state index is 0.0578. The third kappa shape index (κ3) is 1.53. The number of fused-ring (bicyclic) bond motifs is 3. The Bertz CT molecular complexity index is 589. The summed E-state index contributed by atoms with van der Waals surface area (Å²) in [5.41, 5.74) is 4.24. The third-order valence-electron chi connectivity index (χ3n) is 3.30. The summed E-state index contributed by atoms with van der Waals surface area (Å²) in [6.45, 7) is 1.94. The topological polar surface area (TPSA) is 29.1 Å². The Morgan fingerprint density at radius 1 is 0.941 bits per heavy atom. The molecule has 0 spiro atoms. The molecular weight excluding hydrogens is 210 g/mol. The smallest absolute Gasteiger partial charge is 0.231 e. The fraction of sp³-hybridized carbons (Fsp3) is 0.133. The maximum absolute atomic E-state index is 12.0. The van der Waals surface area contributed by atoms with E-state index in [1.165, 1.54) is 0 Å². The van der Waals surface area contributed by atoms with E-state index in [0.717, 1.165) is 22.4 Å². The number of anilines is 1. The van der Waals surface area contributed by atoms with Crippen LogP contribution in [0.15, 0.2) is 48.5 Å². The van der Waals surface area contributed by atoms with Crippen LogP contribution in [0.3, 0.4) is 0 Å². The molecular formula is C15H13NO. The molecule has 2 nitrogen and oxygen atoms in total. The zero-order chi connectivity index (χ0) is 11.8. The van der Waals surface area contributed by atoms with Gasteiger partial charge in [-0.1, -0.05) is 42.5 Å². The first-order chi connectivity index (χ1) is 8.27. The maximum Gasteiger partial charge on any atom is 0.231 e. The lowest BCUT2D eigenvalue weighted by Gasteiger charge is -2.10. The fourth-order valence-corrected chi connectivity index (χ4v) is 2.33. The standard InChI is InChI=1S/C15H13NO/c1-10-11-6-2-3-7-12(11)13-8-4-5-9-14(13)16-15(10)17/h2-10H,1H3,(H,16,17). The van der Waals surface area contributed by atoms with Crippen LogP contribution in [-0.2, 0) is 4.79 Å². The number of benzene rings is 2. The molecule has 0 aliphatic carbocycles. The largest absolute Gasteiger partial charge is 0.325 e. The second-order valence-corrected chi connectivity index (χ2v) is 4.34. The summed E-state index contributed by atoms with van der Waals surface area (Å²) in [6.07, 6.45) is 0. The van der Waals surface area contributed by atoms with Crippen LogP contribution >= 0.6 is 0 Å². The van der Waals surface area contributed by atoms with Gasteiger partial charge < -0.3 is 5.32 Å². The van der Waals surface area contributed by atoms with Crippen LogP contribution in [-0.4, -0.2) is 5.91 Å². The first-order valence-electron chi connectivity index (χ1n) is 5.76. The predicted octanol–water partition coefficient (Wildman–Crippen LogP) is 3.41. The van der Waals surface area contributed by atoms with Crippen LogP contribution in [0.4, 0.5) is 5.69 Å². The molecule has 1 aliphatic heterocycles. The number of amides is 1. The van der Waals surface area contributed by atoms with E-state index in [9.17, 15) is 4.79 Å². The van der Waals surface area contributed by atoms with Crippen molar-refractivity contribution in [3.63, 3.8) is 0 Å². The summed E-state index contributed by atoms with van der Waals surface area (Å²) in [7, 11) is 0. The number of hydrogen-bond acceptors (Lipinski definition) is 1. The number of hydrogen-bond donors (Lipinski definition) is 1. The van der Waals surface area contributed by atoms with Gasteiger partial charge in [0.2, 0.25) is 5.91 Å². The molecule has 0 saturated heterocycles. The highest BCUT2D eigenvalue weighted by Gasteiger charge is 2.24. The van der Waals surface area contributed by atoms with Gasteiger partial charge in [-0.25, -0.2) is 0 Å². The first-order valence-corrected chi connectivity index (χ1v) is 5.76. The van der Waals surface area contributed by atoms with Gasteiger partial charge in [0.25, 0.3) is 0 Å². The van der Waals surface area contributed by atoms with E-state index in [1.54, 1.807) is 0 Å². The van der Waals surface area contributed by atoms with E-state index in [0.29, 0.717) is 0 Å². The van der Waals surface area contributed by atoms with Crippen molar-refractivity contribution < 1.29 is 4.79 Å². The summed E-state index contributed by atoms with van der Waals surface area (Å²) < 4.78 is 0. The fourth-order valence-electron chi connectivity index (χ4n) is 2.33. The summed E-state index contributed by atoms with van der Waals surface area (Å²) in [4.78, 5) is 12.0. The third-order valence-corrected chi connectivity index (χ3v) is 3.30. The average Bonchev–Trinajstić information content (AvgIpc) is 2.48. The van der Waals surface area contributed by atoms with Crippen LogP contribution < -0.4 is 5.32 Å². The summed E-state index contributed by atoms with van der Waals surface area (Å²) in [5, 5.41) is 2.98. The molecule has 0 radical (unpaired) electrons. The van der Waals surface area contributed by atoms with Crippen molar-refractivity contribution in [3.8, 4) is 11.1 Å². The van der Waals surface area contributed by atoms with E-state index in [4.69, 9.17) is 0 Å². The SMILES string of the molecule is CC1C(=O)Nc2ccccc2-c2ccccc21. The van der Waals surface area contributed by atoms with Crippen molar-refractivity contribution in [3.05, 3.63) is 54.1 Å². The zero-order valence-electron chi connectivity index (χ0n) is 9.60. The summed E-state index contributed by atoms with van der Waals surface area (Å²) in [6, 6.07) is 16.0. The molecule has 1 N–H and O–H groups in total. The van der Waals surface area contributed by atoms with Crippen molar-refractivity contribution in [2.75, 3.05) is 5.32 Å². The molecule has 17 heavy (non-hydrogen) atoms.